The molecule has 160 valence electrons. The normalized spacial score (nSPS) is 10.8. The predicted octanol–water partition coefficient (Wildman–Crippen LogP) is 6.36. The smallest absolute Gasteiger partial charge is 0.277 e. The molecule has 3 rings (SSSR count). The van der Waals surface area contributed by atoms with E-state index >= 15 is 0 Å². The summed E-state index contributed by atoms with van der Waals surface area (Å²) in [5, 5.41) is 4.70. The van der Waals surface area contributed by atoms with E-state index in [1.165, 1.54) is 21.9 Å². The first-order valence-electron chi connectivity index (χ1n) is 8.97. The Labute approximate surface area is 208 Å². The number of nitrogens with zero attached hydrogens (tertiary/aromatic N) is 1. The van der Waals surface area contributed by atoms with Crippen LogP contribution in [0.25, 0.3) is 0 Å². The van der Waals surface area contributed by atoms with Crippen LogP contribution in [-0.2, 0) is 11.4 Å². The van der Waals surface area contributed by atoms with Gasteiger partial charge in [0, 0.05) is 14.7 Å². The highest BCUT2D eigenvalue weighted by Gasteiger charge is 2.10. The summed E-state index contributed by atoms with van der Waals surface area (Å²) in [6, 6.07) is 18.5. The SMILES string of the molecule is O=C(COc1cc(Cl)cc(Cl)c1Cl)N/N=C\c1ccc(OCc2ccc(I)cc2)cc1. The Morgan fingerprint density at radius 3 is 2.42 bits per heavy atom. The quantitative estimate of drug-likeness (QED) is 0.144. The maximum Gasteiger partial charge on any atom is 0.277 e. The lowest BCUT2D eigenvalue weighted by Crippen LogP contribution is -2.24. The Balaban J connectivity index is 1.45. The molecule has 3 aromatic carbocycles. The van der Waals surface area contributed by atoms with E-state index in [2.05, 4.69) is 33.1 Å². The minimum Gasteiger partial charge on any atom is -0.489 e. The Hall–Kier alpha value is -2.00. The molecule has 0 aliphatic heterocycles. The van der Waals surface area contributed by atoms with Crippen LogP contribution >= 0.6 is 57.4 Å². The molecular weight excluding hydrogens is 574 g/mol. The van der Waals surface area contributed by atoms with Crippen LogP contribution in [0, 0.1) is 3.57 Å². The van der Waals surface area contributed by atoms with Gasteiger partial charge in [-0.2, -0.15) is 5.10 Å². The second-order valence-corrected chi connectivity index (χ2v) is 8.73. The fourth-order valence-electron chi connectivity index (χ4n) is 2.39. The van der Waals surface area contributed by atoms with Gasteiger partial charge in [-0.3, -0.25) is 4.79 Å². The van der Waals surface area contributed by atoms with E-state index in [0.717, 1.165) is 16.9 Å². The first kappa shape index (κ1) is 23.7. The van der Waals surface area contributed by atoms with Crippen molar-refractivity contribution >= 4 is 69.5 Å². The van der Waals surface area contributed by atoms with Gasteiger partial charge in [0.1, 0.15) is 23.1 Å². The van der Waals surface area contributed by atoms with E-state index in [9.17, 15) is 4.79 Å². The molecule has 1 N–H and O–H groups in total. The zero-order valence-corrected chi connectivity index (χ0v) is 20.4. The molecule has 5 nitrogen and oxygen atoms in total. The van der Waals surface area contributed by atoms with Crippen molar-refractivity contribution in [2.75, 3.05) is 6.61 Å². The molecule has 0 bridgehead atoms. The Morgan fingerprint density at radius 1 is 1.00 bits per heavy atom. The highest BCUT2D eigenvalue weighted by atomic mass is 127. The van der Waals surface area contributed by atoms with Crippen LogP contribution < -0.4 is 14.9 Å². The second kappa shape index (κ2) is 11.6. The zero-order chi connectivity index (χ0) is 22.2. The van der Waals surface area contributed by atoms with Crippen molar-refractivity contribution in [3.8, 4) is 11.5 Å². The van der Waals surface area contributed by atoms with Crippen LogP contribution in [0.5, 0.6) is 11.5 Å². The molecule has 0 unspecified atom stereocenters. The molecule has 0 spiro atoms. The molecule has 0 atom stereocenters. The van der Waals surface area contributed by atoms with Gasteiger partial charge >= 0.3 is 0 Å². The van der Waals surface area contributed by atoms with Gasteiger partial charge in [-0.25, -0.2) is 5.43 Å². The van der Waals surface area contributed by atoms with Gasteiger partial charge in [0.15, 0.2) is 6.61 Å². The number of carbonyl (C=O) groups excluding carboxylic acids is 1. The maximum absolute atomic E-state index is 11.9. The van der Waals surface area contributed by atoms with Crippen LogP contribution in [-0.4, -0.2) is 18.7 Å². The zero-order valence-electron chi connectivity index (χ0n) is 15.9. The molecule has 0 radical (unpaired) electrons. The van der Waals surface area contributed by atoms with Gasteiger partial charge in [-0.1, -0.05) is 46.9 Å². The molecule has 31 heavy (non-hydrogen) atoms. The van der Waals surface area contributed by atoms with Crippen molar-refractivity contribution in [2.24, 2.45) is 5.10 Å². The standard InChI is InChI=1S/C22H16Cl3IN2O3/c23-16-9-19(24)22(25)20(10-16)31-13-21(29)28-27-11-14-3-7-18(8-4-14)30-12-15-1-5-17(26)6-2-15/h1-11H,12-13H2,(H,28,29)/b27-11-. The summed E-state index contributed by atoms with van der Waals surface area (Å²) in [4.78, 5) is 11.9. The fraction of sp³-hybridized carbons (Fsp3) is 0.0909. The lowest BCUT2D eigenvalue weighted by Gasteiger charge is -2.08. The number of hydrogen-bond acceptors (Lipinski definition) is 4. The number of nitrogens with one attached hydrogen (secondary N) is 1. The summed E-state index contributed by atoms with van der Waals surface area (Å²) in [6.07, 6.45) is 1.52. The Bertz CT molecular complexity index is 1070. The number of halogens is 4. The summed E-state index contributed by atoms with van der Waals surface area (Å²) in [5.41, 5.74) is 4.27. The summed E-state index contributed by atoms with van der Waals surface area (Å²) < 4.78 is 12.3. The van der Waals surface area contributed by atoms with E-state index in [1.54, 1.807) is 0 Å². The molecule has 0 fully saturated rings. The minimum absolute atomic E-state index is 0.187. The van der Waals surface area contributed by atoms with Gasteiger partial charge in [-0.05, 0) is 76.2 Å². The third kappa shape index (κ3) is 7.57. The average Bonchev–Trinajstić information content (AvgIpc) is 2.76. The van der Waals surface area contributed by atoms with E-state index in [0.29, 0.717) is 11.6 Å². The first-order chi connectivity index (χ1) is 14.9. The first-order valence-corrected chi connectivity index (χ1v) is 11.2. The van der Waals surface area contributed by atoms with E-state index in [4.69, 9.17) is 44.3 Å². The van der Waals surface area contributed by atoms with Crippen LogP contribution in [0.2, 0.25) is 15.1 Å². The van der Waals surface area contributed by atoms with Crippen LogP contribution in [0.4, 0.5) is 0 Å². The summed E-state index contributed by atoms with van der Waals surface area (Å²) in [6.45, 7) is 0.196. The Morgan fingerprint density at radius 2 is 1.71 bits per heavy atom. The number of benzene rings is 3. The van der Waals surface area contributed by atoms with E-state index in [1.807, 2.05) is 48.5 Å². The van der Waals surface area contributed by atoms with Crippen LogP contribution in [0.3, 0.4) is 0 Å². The topological polar surface area (TPSA) is 59.9 Å². The number of rotatable bonds is 8. The van der Waals surface area contributed by atoms with E-state index < -0.39 is 5.91 Å². The van der Waals surface area contributed by atoms with Gasteiger partial charge < -0.3 is 9.47 Å². The van der Waals surface area contributed by atoms with Crippen molar-refractivity contribution in [3.63, 3.8) is 0 Å². The molecular formula is C22H16Cl3IN2O3. The predicted molar refractivity (Wildman–Crippen MR) is 133 cm³/mol. The average molecular weight is 590 g/mol. The number of hydrogen-bond donors (Lipinski definition) is 1. The van der Waals surface area contributed by atoms with E-state index in [-0.39, 0.29) is 22.4 Å². The lowest BCUT2D eigenvalue weighted by atomic mass is 10.2. The monoisotopic (exact) mass is 588 g/mol. The maximum atomic E-state index is 11.9. The molecule has 0 heterocycles. The molecule has 9 heteroatoms. The third-order valence-corrected chi connectivity index (χ3v) is 5.64. The molecule has 0 saturated carbocycles. The summed E-state index contributed by atoms with van der Waals surface area (Å²) in [7, 11) is 0. The largest absolute Gasteiger partial charge is 0.489 e. The fourth-order valence-corrected chi connectivity index (χ4v) is 3.39. The Kier molecular flexibility index (Phi) is 8.83. The van der Waals surface area contributed by atoms with Crippen molar-refractivity contribution in [2.45, 2.75) is 6.61 Å². The van der Waals surface area contributed by atoms with Gasteiger partial charge in [0.25, 0.3) is 5.91 Å². The third-order valence-electron chi connectivity index (χ3n) is 3.92. The second-order valence-electron chi connectivity index (χ2n) is 6.27. The van der Waals surface area contributed by atoms with Crippen molar-refractivity contribution in [1.29, 1.82) is 0 Å². The van der Waals surface area contributed by atoms with Gasteiger partial charge in [-0.15, -0.1) is 0 Å². The number of carbonyl (C=O) groups is 1. The number of amides is 1. The van der Waals surface area contributed by atoms with Crippen LogP contribution in [0.1, 0.15) is 11.1 Å². The molecule has 0 aromatic heterocycles. The molecule has 0 saturated heterocycles. The van der Waals surface area contributed by atoms with Crippen LogP contribution in [0.15, 0.2) is 65.8 Å². The minimum atomic E-state index is -0.458. The number of ether oxygens (including phenoxy) is 2. The molecule has 0 aliphatic carbocycles. The van der Waals surface area contributed by atoms with Gasteiger partial charge in [0.2, 0.25) is 0 Å². The highest BCUT2D eigenvalue weighted by Crippen LogP contribution is 2.35. The highest BCUT2D eigenvalue weighted by molar-refractivity contribution is 14.1. The van der Waals surface area contributed by atoms with Crippen molar-refractivity contribution in [1.82, 2.24) is 5.43 Å². The van der Waals surface area contributed by atoms with Crippen molar-refractivity contribution < 1.29 is 14.3 Å². The molecule has 3 aromatic rings. The summed E-state index contributed by atoms with van der Waals surface area (Å²) in [5.74, 6) is 0.505. The lowest BCUT2D eigenvalue weighted by molar-refractivity contribution is -0.123. The van der Waals surface area contributed by atoms with Gasteiger partial charge in [0.05, 0.1) is 11.2 Å². The molecule has 1 amide bonds. The molecule has 0 aliphatic rings. The van der Waals surface area contributed by atoms with Crippen molar-refractivity contribution in [3.05, 3.63) is 90.4 Å². The summed E-state index contributed by atoms with van der Waals surface area (Å²) >= 11 is 20.1. The number of hydrazone groups is 1.